The van der Waals surface area contributed by atoms with Gasteiger partial charge in [-0.3, -0.25) is 9.59 Å². The zero-order valence-corrected chi connectivity index (χ0v) is 33.0. The van der Waals surface area contributed by atoms with Gasteiger partial charge in [0.05, 0.1) is 34.4 Å². The number of hydrogen-bond donors (Lipinski definition) is 1. The summed E-state index contributed by atoms with van der Waals surface area (Å²) in [6, 6.07) is 0. The Kier molecular flexibility index (Phi) is 32.5. The van der Waals surface area contributed by atoms with Crippen LogP contribution >= 0.6 is 0 Å². The SMILES string of the molecule is CC/C=C\C/C=C\C/C=C\CCCCCC(=O)OC(COC(=O)CCCCCCC/C=C\CCCCCC)COC(OCC[N+](C)(C)C)C(=O)O. The number of aliphatic carboxylic acids is 1. The standard InChI is InChI=1S/C42H73NO8/c1-6-8-10-12-14-16-18-20-22-24-26-28-30-32-39(44)49-36-38(37-50-42(41(46)47)48-35-34-43(3,4)5)51-40(45)33-31-29-27-25-23-21-19-17-15-13-11-9-7-2/h9,11,15-18,21,23,38,42H,6-8,10,12-14,19-20,22,24-37H2,1-5H3/p+1/b11-9-,17-15-,18-16-,23-21-. The van der Waals surface area contributed by atoms with Gasteiger partial charge in [0.25, 0.3) is 6.29 Å². The first-order valence-corrected chi connectivity index (χ1v) is 19.8. The predicted molar refractivity (Wildman–Crippen MR) is 207 cm³/mol. The Morgan fingerprint density at radius 3 is 1.71 bits per heavy atom. The quantitative estimate of drug-likeness (QED) is 0.0227. The monoisotopic (exact) mass is 721 g/mol. The highest BCUT2D eigenvalue weighted by Gasteiger charge is 2.25. The van der Waals surface area contributed by atoms with Crippen molar-refractivity contribution >= 4 is 17.9 Å². The van der Waals surface area contributed by atoms with Gasteiger partial charge in [-0.15, -0.1) is 0 Å². The molecule has 2 atom stereocenters. The van der Waals surface area contributed by atoms with Gasteiger partial charge < -0.3 is 28.5 Å². The maximum atomic E-state index is 12.7. The van der Waals surface area contributed by atoms with Crippen LogP contribution in [0.25, 0.3) is 0 Å². The maximum absolute atomic E-state index is 12.7. The molecule has 0 fully saturated rings. The molecule has 2 unspecified atom stereocenters. The van der Waals surface area contributed by atoms with Crippen LogP contribution in [-0.4, -0.2) is 87.4 Å². The van der Waals surface area contributed by atoms with E-state index >= 15 is 0 Å². The van der Waals surface area contributed by atoms with E-state index in [2.05, 4.69) is 62.5 Å². The number of quaternary nitrogens is 1. The molecule has 0 aromatic heterocycles. The summed E-state index contributed by atoms with van der Waals surface area (Å²) in [6.07, 6.45) is 34.6. The van der Waals surface area contributed by atoms with Crippen LogP contribution < -0.4 is 0 Å². The van der Waals surface area contributed by atoms with Gasteiger partial charge in [-0.05, 0) is 70.6 Å². The second-order valence-electron chi connectivity index (χ2n) is 14.2. The van der Waals surface area contributed by atoms with E-state index in [1.807, 2.05) is 21.1 Å². The van der Waals surface area contributed by atoms with Crippen molar-refractivity contribution < 1.29 is 42.9 Å². The molecule has 0 spiro atoms. The molecule has 0 aliphatic carbocycles. The minimum atomic E-state index is -1.52. The summed E-state index contributed by atoms with van der Waals surface area (Å²) in [6.45, 7) is 4.66. The van der Waals surface area contributed by atoms with Crippen LogP contribution in [0.5, 0.6) is 0 Å². The fourth-order valence-corrected chi connectivity index (χ4v) is 4.96. The number of carboxylic acids is 1. The van der Waals surface area contributed by atoms with E-state index < -0.39 is 24.3 Å². The molecule has 9 nitrogen and oxygen atoms in total. The Bertz CT molecular complexity index is 982. The van der Waals surface area contributed by atoms with Crippen LogP contribution in [0.2, 0.25) is 0 Å². The number of allylic oxidation sites excluding steroid dienone is 8. The second-order valence-corrected chi connectivity index (χ2v) is 14.2. The summed E-state index contributed by atoms with van der Waals surface area (Å²) in [7, 11) is 5.93. The zero-order chi connectivity index (χ0) is 37.8. The minimum Gasteiger partial charge on any atom is -0.477 e. The van der Waals surface area contributed by atoms with Crippen molar-refractivity contribution in [3.8, 4) is 0 Å². The number of carboxylic acid groups (broad SMARTS) is 1. The van der Waals surface area contributed by atoms with Crippen LogP contribution in [0.1, 0.15) is 142 Å². The van der Waals surface area contributed by atoms with E-state index in [0.717, 1.165) is 77.0 Å². The van der Waals surface area contributed by atoms with E-state index in [1.165, 1.54) is 32.1 Å². The number of carbonyl (C=O) groups excluding carboxylic acids is 2. The molecule has 51 heavy (non-hydrogen) atoms. The first-order chi connectivity index (χ1) is 24.6. The lowest BCUT2D eigenvalue weighted by atomic mass is 10.1. The fraction of sp³-hybridized carbons (Fsp3) is 0.738. The van der Waals surface area contributed by atoms with Gasteiger partial charge in [-0.1, -0.05) is 107 Å². The summed E-state index contributed by atoms with van der Waals surface area (Å²) >= 11 is 0. The average molecular weight is 721 g/mol. The molecule has 1 N–H and O–H groups in total. The van der Waals surface area contributed by atoms with Crippen molar-refractivity contribution in [1.82, 2.24) is 0 Å². The van der Waals surface area contributed by atoms with Crippen molar-refractivity contribution in [3.05, 3.63) is 48.6 Å². The Morgan fingerprint density at radius 1 is 0.608 bits per heavy atom. The average Bonchev–Trinajstić information content (AvgIpc) is 3.08. The number of hydrogen-bond acceptors (Lipinski definition) is 7. The van der Waals surface area contributed by atoms with E-state index in [4.69, 9.17) is 18.9 Å². The molecule has 0 aromatic carbocycles. The summed E-state index contributed by atoms with van der Waals surface area (Å²) in [5.74, 6) is -2.07. The second kappa shape index (κ2) is 34.3. The Labute approximate surface area is 311 Å². The molecule has 9 heteroatoms. The molecule has 0 saturated carbocycles. The number of carbonyl (C=O) groups is 3. The molecule has 0 bridgehead atoms. The molecule has 0 aromatic rings. The van der Waals surface area contributed by atoms with E-state index in [1.54, 1.807) is 0 Å². The zero-order valence-electron chi connectivity index (χ0n) is 33.0. The molecule has 294 valence electrons. The van der Waals surface area contributed by atoms with Crippen molar-refractivity contribution in [2.75, 3.05) is 47.5 Å². The number of rotatable bonds is 35. The first kappa shape index (κ1) is 48.2. The van der Waals surface area contributed by atoms with Crippen LogP contribution in [0.15, 0.2) is 48.6 Å². The third kappa shape index (κ3) is 35.4. The molecule has 0 rings (SSSR count). The highest BCUT2D eigenvalue weighted by Crippen LogP contribution is 2.12. The largest absolute Gasteiger partial charge is 0.477 e. The van der Waals surface area contributed by atoms with Gasteiger partial charge in [0, 0.05) is 12.8 Å². The van der Waals surface area contributed by atoms with Crippen LogP contribution in [0.3, 0.4) is 0 Å². The van der Waals surface area contributed by atoms with Gasteiger partial charge in [-0.2, -0.15) is 0 Å². The Morgan fingerprint density at radius 2 is 1.12 bits per heavy atom. The minimum absolute atomic E-state index is 0.179. The summed E-state index contributed by atoms with van der Waals surface area (Å²) in [5.41, 5.74) is 0. The van der Waals surface area contributed by atoms with Gasteiger partial charge in [0.1, 0.15) is 13.2 Å². The van der Waals surface area contributed by atoms with Crippen LogP contribution in [0.4, 0.5) is 0 Å². The number of esters is 2. The third-order valence-electron chi connectivity index (χ3n) is 8.07. The smallest absolute Gasteiger partial charge is 0.361 e. The van der Waals surface area contributed by atoms with Gasteiger partial charge in [0.2, 0.25) is 0 Å². The lowest BCUT2D eigenvalue weighted by molar-refractivity contribution is -0.870. The van der Waals surface area contributed by atoms with Crippen molar-refractivity contribution in [3.63, 3.8) is 0 Å². The predicted octanol–water partition coefficient (Wildman–Crippen LogP) is 9.66. The number of nitrogens with zero attached hydrogens (tertiary/aromatic N) is 1. The molecule has 0 heterocycles. The maximum Gasteiger partial charge on any atom is 0.361 e. The summed E-state index contributed by atoms with van der Waals surface area (Å²) < 4.78 is 22.6. The first-order valence-electron chi connectivity index (χ1n) is 19.8. The summed E-state index contributed by atoms with van der Waals surface area (Å²) in [5, 5.41) is 9.59. The van der Waals surface area contributed by atoms with Crippen molar-refractivity contribution in [2.24, 2.45) is 0 Å². The number of ether oxygens (including phenoxy) is 4. The van der Waals surface area contributed by atoms with Crippen LogP contribution in [-0.2, 0) is 33.3 Å². The molecule has 0 saturated heterocycles. The Balaban J connectivity index is 4.60. The van der Waals surface area contributed by atoms with Gasteiger partial charge in [0.15, 0.2) is 6.10 Å². The lowest BCUT2D eigenvalue weighted by Gasteiger charge is -2.25. The normalized spacial score (nSPS) is 13.5. The molecular formula is C42H74NO8+. The lowest BCUT2D eigenvalue weighted by Crippen LogP contribution is -2.40. The highest BCUT2D eigenvalue weighted by atomic mass is 16.7. The number of likely N-dealkylation sites (N-methyl/N-ethyl adjacent to an activating group) is 1. The van der Waals surface area contributed by atoms with Crippen LogP contribution in [0, 0.1) is 0 Å². The van der Waals surface area contributed by atoms with E-state index in [-0.39, 0.29) is 38.6 Å². The molecule has 0 aliphatic rings. The van der Waals surface area contributed by atoms with Gasteiger partial charge in [-0.25, -0.2) is 4.79 Å². The van der Waals surface area contributed by atoms with E-state index in [9.17, 15) is 19.5 Å². The molecule has 0 aliphatic heterocycles. The van der Waals surface area contributed by atoms with Crippen molar-refractivity contribution in [2.45, 2.75) is 155 Å². The van der Waals surface area contributed by atoms with Gasteiger partial charge >= 0.3 is 17.9 Å². The molecular weight excluding hydrogens is 646 g/mol. The Hall–Kier alpha value is -2.75. The highest BCUT2D eigenvalue weighted by molar-refractivity contribution is 5.71. The fourth-order valence-electron chi connectivity index (χ4n) is 4.96. The molecule has 0 amide bonds. The van der Waals surface area contributed by atoms with E-state index in [0.29, 0.717) is 17.4 Å². The topological polar surface area (TPSA) is 108 Å². The summed E-state index contributed by atoms with van der Waals surface area (Å²) in [4.78, 5) is 36.9. The number of unbranched alkanes of at least 4 members (excludes halogenated alkanes) is 12. The molecule has 0 radical (unpaired) electrons. The third-order valence-corrected chi connectivity index (χ3v) is 8.07. The van der Waals surface area contributed by atoms with Crippen molar-refractivity contribution in [1.29, 1.82) is 0 Å².